The lowest BCUT2D eigenvalue weighted by Crippen LogP contribution is -2.17. The zero-order valence-corrected chi connectivity index (χ0v) is 10.7. The highest BCUT2D eigenvalue weighted by Crippen LogP contribution is 2.11. The molecule has 0 unspecified atom stereocenters. The maximum atomic E-state index is 11.1. The fourth-order valence-electron chi connectivity index (χ4n) is 1.84. The van der Waals surface area contributed by atoms with Crippen molar-refractivity contribution >= 4 is 11.9 Å². The third-order valence-corrected chi connectivity index (χ3v) is 2.93. The molecule has 19 heavy (non-hydrogen) atoms. The van der Waals surface area contributed by atoms with Crippen molar-refractivity contribution in [3.8, 4) is 0 Å². The Labute approximate surface area is 111 Å². The summed E-state index contributed by atoms with van der Waals surface area (Å²) in [6.45, 7) is 2.49. The van der Waals surface area contributed by atoms with Crippen LogP contribution in [-0.4, -0.2) is 38.2 Å². The molecular weight excluding hydrogens is 248 g/mol. The van der Waals surface area contributed by atoms with Gasteiger partial charge < -0.3 is 20.1 Å². The Kier molecular flexibility index (Phi) is 4.83. The standard InChI is InChI=1S/C13H18N2O4/c16-12-10(2-6-18-12)8-14-4-1-5-15-9-11-3-7-19-13(11)17/h8-9,14-15H,1-7H2. The van der Waals surface area contributed by atoms with Gasteiger partial charge in [0.15, 0.2) is 0 Å². The van der Waals surface area contributed by atoms with E-state index in [4.69, 9.17) is 9.47 Å². The molecule has 0 bridgehead atoms. The Morgan fingerprint density at radius 2 is 1.37 bits per heavy atom. The van der Waals surface area contributed by atoms with E-state index in [1.807, 2.05) is 0 Å². The van der Waals surface area contributed by atoms with Gasteiger partial charge in [-0.2, -0.15) is 0 Å². The molecule has 2 aliphatic heterocycles. The number of cyclic esters (lactones) is 2. The molecule has 0 aromatic heterocycles. The molecule has 0 saturated carbocycles. The van der Waals surface area contributed by atoms with Gasteiger partial charge in [0, 0.05) is 38.3 Å². The van der Waals surface area contributed by atoms with Crippen LogP contribution in [0, 0.1) is 0 Å². The molecule has 104 valence electrons. The highest BCUT2D eigenvalue weighted by molar-refractivity contribution is 5.90. The van der Waals surface area contributed by atoms with Crippen LogP contribution < -0.4 is 10.6 Å². The first kappa shape index (κ1) is 13.5. The van der Waals surface area contributed by atoms with Crippen molar-refractivity contribution in [1.82, 2.24) is 10.6 Å². The van der Waals surface area contributed by atoms with Crippen molar-refractivity contribution in [1.29, 1.82) is 0 Å². The summed E-state index contributed by atoms with van der Waals surface area (Å²) in [7, 11) is 0. The number of ether oxygens (including phenoxy) is 2. The van der Waals surface area contributed by atoms with Gasteiger partial charge in [0.25, 0.3) is 0 Å². The van der Waals surface area contributed by atoms with E-state index >= 15 is 0 Å². The SMILES string of the molecule is O=C1OCCC1=CNCCCNC=C1CCOC1=O. The predicted molar refractivity (Wildman–Crippen MR) is 67.9 cm³/mol. The summed E-state index contributed by atoms with van der Waals surface area (Å²) in [5.74, 6) is -0.454. The summed E-state index contributed by atoms with van der Waals surface area (Å²) in [5, 5.41) is 6.16. The average molecular weight is 266 g/mol. The van der Waals surface area contributed by atoms with Gasteiger partial charge in [-0.3, -0.25) is 0 Å². The Morgan fingerprint density at radius 3 is 1.74 bits per heavy atom. The normalized spacial score (nSPS) is 22.7. The highest BCUT2D eigenvalue weighted by atomic mass is 16.5. The average Bonchev–Trinajstić information content (AvgIpc) is 2.98. The van der Waals surface area contributed by atoms with Gasteiger partial charge in [0.1, 0.15) is 0 Å². The molecule has 0 radical (unpaired) electrons. The number of nitrogens with one attached hydrogen (secondary N) is 2. The second-order valence-electron chi connectivity index (χ2n) is 4.37. The number of esters is 2. The van der Waals surface area contributed by atoms with Gasteiger partial charge in [-0.1, -0.05) is 0 Å². The summed E-state index contributed by atoms with van der Waals surface area (Å²) < 4.78 is 9.63. The highest BCUT2D eigenvalue weighted by Gasteiger charge is 2.18. The molecule has 2 saturated heterocycles. The smallest absolute Gasteiger partial charge is 0.335 e. The molecule has 0 aromatic rings. The van der Waals surface area contributed by atoms with Gasteiger partial charge in [-0.05, 0) is 6.42 Å². The van der Waals surface area contributed by atoms with Crippen molar-refractivity contribution in [3.63, 3.8) is 0 Å². The summed E-state index contributed by atoms with van der Waals surface area (Å²) in [6, 6.07) is 0. The fraction of sp³-hybridized carbons (Fsp3) is 0.538. The van der Waals surface area contributed by atoms with Crippen molar-refractivity contribution in [3.05, 3.63) is 23.5 Å². The first-order chi connectivity index (χ1) is 9.27. The minimum atomic E-state index is -0.227. The molecule has 6 nitrogen and oxygen atoms in total. The number of carbonyl (C=O) groups excluding carboxylic acids is 2. The van der Waals surface area contributed by atoms with Gasteiger partial charge in [0.05, 0.1) is 24.4 Å². The summed E-state index contributed by atoms with van der Waals surface area (Å²) >= 11 is 0. The Balaban J connectivity index is 1.55. The minimum Gasteiger partial charge on any atom is -0.462 e. The molecule has 0 spiro atoms. The number of carbonyl (C=O) groups is 2. The Bertz CT molecular complexity index is 377. The van der Waals surface area contributed by atoms with Crippen LogP contribution >= 0.6 is 0 Å². The molecule has 0 amide bonds. The second-order valence-corrected chi connectivity index (χ2v) is 4.37. The van der Waals surface area contributed by atoms with Crippen LogP contribution in [0.25, 0.3) is 0 Å². The maximum absolute atomic E-state index is 11.1. The van der Waals surface area contributed by atoms with Gasteiger partial charge in [-0.25, -0.2) is 9.59 Å². The number of rotatable bonds is 6. The van der Waals surface area contributed by atoms with Gasteiger partial charge in [-0.15, -0.1) is 0 Å². The van der Waals surface area contributed by atoms with Crippen LogP contribution in [0.15, 0.2) is 23.5 Å². The van der Waals surface area contributed by atoms with Crippen LogP contribution in [0.4, 0.5) is 0 Å². The molecule has 0 aliphatic carbocycles. The van der Waals surface area contributed by atoms with E-state index in [0.717, 1.165) is 19.5 Å². The number of hydrogen-bond donors (Lipinski definition) is 2. The molecule has 2 fully saturated rings. The van der Waals surface area contributed by atoms with E-state index < -0.39 is 0 Å². The largest absolute Gasteiger partial charge is 0.462 e. The van der Waals surface area contributed by atoms with Gasteiger partial charge >= 0.3 is 11.9 Å². The lowest BCUT2D eigenvalue weighted by atomic mass is 10.2. The molecule has 6 heteroatoms. The number of hydrogen-bond acceptors (Lipinski definition) is 6. The van der Waals surface area contributed by atoms with Crippen molar-refractivity contribution in [2.75, 3.05) is 26.3 Å². The first-order valence-electron chi connectivity index (χ1n) is 6.46. The molecule has 0 atom stereocenters. The first-order valence-corrected chi connectivity index (χ1v) is 6.46. The molecule has 2 heterocycles. The van der Waals surface area contributed by atoms with Crippen molar-refractivity contribution in [2.45, 2.75) is 19.3 Å². The van der Waals surface area contributed by atoms with E-state index in [1.54, 1.807) is 12.4 Å². The van der Waals surface area contributed by atoms with E-state index in [0.29, 0.717) is 37.2 Å². The lowest BCUT2D eigenvalue weighted by molar-refractivity contribution is -0.135. The third kappa shape index (κ3) is 4.01. The monoisotopic (exact) mass is 266 g/mol. The van der Waals surface area contributed by atoms with E-state index in [1.165, 1.54) is 0 Å². The van der Waals surface area contributed by atoms with Crippen molar-refractivity contribution < 1.29 is 19.1 Å². The minimum absolute atomic E-state index is 0.227. The summed E-state index contributed by atoms with van der Waals surface area (Å²) in [5.41, 5.74) is 1.40. The lowest BCUT2D eigenvalue weighted by Gasteiger charge is -2.02. The van der Waals surface area contributed by atoms with E-state index in [2.05, 4.69) is 10.6 Å². The molecule has 2 N–H and O–H groups in total. The Hall–Kier alpha value is -1.98. The maximum Gasteiger partial charge on any atom is 0.335 e. The molecule has 2 aliphatic rings. The van der Waals surface area contributed by atoms with Crippen LogP contribution in [0.5, 0.6) is 0 Å². The topological polar surface area (TPSA) is 76.7 Å². The zero-order chi connectivity index (χ0) is 13.5. The van der Waals surface area contributed by atoms with Crippen LogP contribution in [0.2, 0.25) is 0 Å². The summed E-state index contributed by atoms with van der Waals surface area (Å²) in [6.07, 6.45) is 5.69. The van der Waals surface area contributed by atoms with Crippen LogP contribution in [0.3, 0.4) is 0 Å². The molecule has 0 aromatic carbocycles. The third-order valence-electron chi connectivity index (χ3n) is 2.93. The van der Waals surface area contributed by atoms with Crippen molar-refractivity contribution in [2.24, 2.45) is 0 Å². The zero-order valence-electron chi connectivity index (χ0n) is 10.7. The van der Waals surface area contributed by atoms with E-state index in [9.17, 15) is 9.59 Å². The van der Waals surface area contributed by atoms with Gasteiger partial charge in [0.2, 0.25) is 0 Å². The van der Waals surface area contributed by atoms with Crippen LogP contribution in [0.1, 0.15) is 19.3 Å². The fourth-order valence-corrected chi connectivity index (χ4v) is 1.84. The van der Waals surface area contributed by atoms with E-state index in [-0.39, 0.29) is 11.9 Å². The predicted octanol–water partition coefficient (Wildman–Crippen LogP) is 0.217. The quantitative estimate of drug-likeness (QED) is 0.407. The van der Waals surface area contributed by atoms with Crippen LogP contribution in [-0.2, 0) is 19.1 Å². The molecular formula is C13H18N2O4. The summed E-state index contributed by atoms with van der Waals surface area (Å²) in [4.78, 5) is 22.2. The second kappa shape index (κ2) is 6.82. The Morgan fingerprint density at radius 1 is 0.895 bits per heavy atom. The molecule has 2 rings (SSSR count).